The summed E-state index contributed by atoms with van der Waals surface area (Å²) in [6, 6.07) is 0. The van der Waals surface area contributed by atoms with Gasteiger partial charge < -0.3 is 4.74 Å². The zero-order valence-electron chi connectivity index (χ0n) is 19.9. The van der Waals surface area contributed by atoms with Crippen molar-refractivity contribution >= 4 is 17.5 Å². The van der Waals surface area contributed by atoms with E-state index in [9.17, 15) is 14.4 Å². The molecule has 0 bridgehead atoms. The Balaban J connectivity index is 1.51. The molecule has 0 aromatic carbocycles. The van der Waals surface area contributed by atoms with Gasteiger partial charge in [-0.1, -0.05) is 54.5 Å². The Kier molecular flexibility index (Phi) is 5.46. The summed E-state index contributed by atoms with van der Waals surface area (Å²) in [6.07, 6.45) is 21.5. The van der Waals surface area contributed by atoms with Crippen LogP contribution < -0.4 is 0 Å². The molecular formula is C29H34O4. The third kappa shape index (κ3) is 3.53. The molecule has 33 heavy (non-hydrogen) atoms. The molecule has 0 saturated heterocycles. The van der Waals surface area contributed by atoms with Crippen LogP contribution in [0.1, 0.15) is 52.9 Å². The Bertz CT molecular complexity index is 1040. The van der Waals surface area contributed by atoms with Crippen LogP contribution in [-0.2, 0) is 19.1 Å². The van der Waals surface area contributed by atoms with E-state index in [1.54, 1.807) is 6.08 Å². The van der Waals surface area contributed by atoms with Crippen molar-refractivity contribution in [2.45, 2.75) is 52.9 Å². The third-order valence-corrected chi connectivity index (χ3v) is 9.38. The maximum Gasteiger partial charge on any atom is 0.303 e. The first kappa shape index (κ1) is 22.3. The van der Waals surface area contributed by atoms with Gasteiger partial charge in [-0.3, -0.25) is 14.4 Å². The smallest absolute Gasteiger partial charge is 0.303 e. The lowest BCUT2D eigenvalue weighted by molar-refractivity contribution is -0.149. The van der Waals surface area contributed by atoms with Gasteiger partial charge in [0, 0.05) is 18.3 Å². The number of esters is 1. The van der Waals surface area contributed by atoms with E-state index >= 15 is 0 Å². The van der Waals surface area contributed by atoms with Crippen LogP contribution in [0.15, 0.2) is 59.8 Å². The molecule has 5 rings (SSSR count). The first-order chi connectivity index (χ1) is 15.7. The lowest BCUT2D eigenvalue weighted by Gasteiger charge is -2.52. The van der Waals surface area contributed by atoms with Gasteiger partial charge in [-0.05, 0) is 80.3 Å². The highest BCUT2D eigenvalue weighted by Crippen LogP contribution is 2.66. The van der Waals surface area contributed by atoms with Crippen LogP contribution in [0, 0.1) is 40.4 Å². The quantitative estimate of drug-likeness (QED) is 0.433. The monoisotopic (exact) mass is 446 g/mol. The third-order valence-electron chi connectivity index (χ3n) is 9.38. The molecule has 0 aromatic rings. The van der Waals surface area contributed by atoms with Crippen LogP contribution in [0.5, 0.6) is 0 Å². The molecule has 4 heteroatoms. The highest BCUT2D eigenvalue weighted by Gasteiger charge is 2.61. The highest BCUT2D eigenvalue weighted by atomic mass is 16.5. The van der Waals surface area contributed by atoms with Crippen LogP contribution in [0.3, 0.4) is 0 Å². The molecule has 0 heterocycles. The van der Waals surface area contributed by atoms with E-state index in [0.717, 1.165) is 32.1 Å². The van der Waals surface area contributed by atoms with Gasteiger partial charge in [-0.15, -0.1) is 0 Å². The van der Waals surface area contributed by atoms with Crippen molar-refractivity contribution in [2.75, 3.05) is 6.61 Å². The fraction of sp³-hybridized carbons (Fsp3) is 0.552. The molecule has 2 fully saturated rings. The number of ether oxygens (including phenoxy) is 1. The number of hydrogen-bond acceptors (Lipinski definition) is 4. The van der Waals surface area contributed by atoms with Gasteiger partial charge in [0.15, 0.2) is 11.6 Å². The number of ketones is 2. The average Bonchev–Trinajstić information content (AvgIpc) is 3.12. The minimum absolute atomic E-state index is 0.0748. The Hall–Kier alpha value is -2.49. The number of Topliss-reactive ketones (excluding diaryl/α,β-unsaturated/α-hetero) is 1. The van der Waals surface area contributed by atoms with Crippen molar-refractivity contribution in [2.24, 2.45) is 40.4 Å². The van der Waals surface area contributed by atoms with E-state index < -0.39 is 5.97 Å². The molecule has 0 N–H and O–H groups in total. The fourth-order valence-electron chi connectivity index (χ4n) is 7.83. The predicted molar refractivity (Wildman–Crippen MR) is 127 cm³/mol. The van der Waals surface area contributed by atoms with Crippen LogP contribution in [0.25, 0.3) is 0 Å². The number of rotatable bonds is 4. The van der Waals surface area contributed by atoms with E-state index in [2.05, 4.69) is 50.3 Å². The second-order valence-electron chi connectivity index (χ2n) is 11.1. The van der Waals surface area contributed by atoms with Crippen molar-refractivity contribution in [1.82, 2.24) is 0 Å². The second-order valence-corrected chi connectivity index (χ2v) is 11.1. The summed E-state index contributed by atoms with van der Waals surface area (Å²) < 4.78 is 5.20. The van der Waals surface area contributed by atoms with Crippen molar-refractivity contribution in [3.8, 4) is 0 Å². The summed E-state index contributed by atoms with van der Waals surface area (Å²) in [4.78, 5) is 37.0. The van der Waals surface area contributed by atoms with Gasteiger partial charge >= 0.3 is 5.97 Å². The van der Waals surface area contributed by atoms with Gasteiger partial charge in [0.25, 0.3) is 0 Å². The minimum Gasteiger partial charge on any atom is -0.458 e. The molecule has 0 aliphatic heterocycles. The average molecular weight is 447 g/mol. The topological polar surface area (TPSA) is 60.4 Å². The zero-order valence-corrected chi connectivity index (χ0v) is 19.9. The molecule has 0 aromatic heterocycles. The number of allylic oxidation sites excluding steroid dienone is 10. The molecular weight excluding hydrogens is 412 g/mol. The predicted octanol–water partition coefficient (Wildman–Crippen LogP) is 5.32. The van der Waals surface area contributed by atoms with E-state index in [1.165, 1.54) is 18.1 Å². The summed E-state index contributed by atoms with van der Waals surface area (Å²) in [6.45, 7) is 5.80. The molecule has 7 unspecified atom stereocenters. The molecule has 5 aliphatic rings. The summed E-state index contributed by atoms with van der Waals surface area (Å²) in [5.74, 6) is 1.08. The summed E-state index contributed by atoms with van der Waals surface area (Å²) >= 11 is 0. The van der Waals surface area contributed by atoms with Crippen molar-refractivity contribution in [3.63, 3.8) is 0 Å². The number of carbonyl (C=O) groups is 3. The van der Waals surface area contributed by atoms with Crippen molar-refractivity contribution in [1.29, 1.82) is 0 Å². The van der Waals surface area contributed by atoms with Crippen LogP contribution in [0.2, 0.25) is 0 Å². The lowest BCUT2D eigenvalue weighted by Crippen LogP contribution is -2.45. The second kappa shape index (κ2) is 8.07. The van der Waals surface area contributed by atoms with Gasteiger partial charge in [0.05, 0.1) is 0 Å². The van der Waals surface area contributed by atoms with Gasteiger partial charge in [-0.25, -0.2) is 0 Å². The molecule has 2 saturated carbocycles. The van der Waals surface area contributed by atoms with Crippen LogP contribution >= 0.6 is 0 Å². The molecule has 0 amide bonds. The van der Waals surface area contributed by atoms with Crippen molar-refractivity contribution in [3.05, 3.63) is 59.8 Å². The standard InChI is InChI=1S/C29H34O4/c1-18(30)33-17-26(32)27-23(19-7-5-4-6-8-19)16-25-22-10-9-20-15-21(31)11-13-28(20,2)24(22)12-14-29(25,27)3/h4-7,11-13,15,19,22-23,25,27H,8-10,14,16-17H2,1-3H3. The Morgan fingerprint density at radius 1 is 1.21 bits per heavy atom. The van der Waals surface area contributed by atoms with Crippen molar-refractivity contribution < 1.29 is 19.1 Å². The molecule has 0 spiro atoms. The molecule has 4 nitrogen and oxygen atoms in total. The Labute approximate surface area is 196 Å². The first-order valence-electron chi connectivity index (χ1n) is 12.4. The summed E-state index contributed by atoms with van der Waals surface area (Å²) in [7, 11) is 0. The molecule has 7 atom stereocenters. The molecule has 5 aliphatic carbocycles. The van der Waals surface area contributed by atoms with E-state index in [-0.39, 0.29) is 40.8 Å². The zero-order chi connectivity index (χ0) is 23.4. The number of hydrogen-bond donors (Lipinski definition) is 0. The van der Waals surface area contributed by atoms with Gasteiger partial charge in [-0.2, -0.15) is 0 Å². The maximum absolute atomic E-state index is 13.6. The number of fused-ring (bicyclic) bond motifs is 5. The number of carbonyl (C=O) groups excluding carboxylic acids is 3. The van der Waals surface area contributed by atoms with Gasteiger partial charge in [0.2, 0.25) is 0 Å². The summed E-state index contributed by atoms with van der Waals surface area (Å²) in [5.41, 5.74) is 2.35. The minimum atomic E-state index is -0.399. The largest absolute Gasteiger partial charge is 0.458 e. The fourth-order valence-corrected chi connectivity index (χ4v) is 7.83. The van der Waals surface area contributed by atoms with E-state index in [4.69, 9.17) is 4.74 Å². The maximum atomic E-state index is 13.6. The SMILES string of the molecule is CC(=O)OCC(=O)C1C(C2C=CC=CC2)CC2C3CCC4=CC(=O)C=CC4(C)C3=CCC21C. The summed E-state index contributed by atoms with van der Waals surface area (Å²) in [5, 5.41) is 0. The van der Waals surface area contributed by atoms with Crippen LogP contribution in [-0.4, -0.2) is 24.1 Å². The first-order valence-corrected chi connectivity index (χ1v) is 12.4. The molecule has 0 radical (unpaired) electrons. The molecule has 174 valence electrons. The van der Waals surface area contributed by atoms with E-state index in [1.807, 2.05) is 6.08 Å². The van der Waals surface area contributed by atoms with Gasteiger partial charge in [0.1, 0.15) is 6.61 Å². The Morgan fingerprint density at radius 2 is 2.03 bits per heavy atom. The highest BCUT2D eigenvalue weighted by molar-refractivity contribution is 6.01. The normalized spacial score (nSPS) is 40.9. The van der Waals surface area contributed by atoms with E-state index in [0.29, 0.717) is 17.8 Å². The lowest BCUT2D eigenvalue weighted by atomic mass is 9.52. The van der Waals surface area contributed by atoms with Crippen LogP contribution in [0.4, 0.5) is 0 Å². The Morgan fingerprint density at radius 3 is 2.76 bits per heavy atom.